The Morgan fingerprint density at radius 1 is 1.32 bits per heavy atom. The number of hydrogen-bond donors (Lipinski definition) is 2. The monoisotopic (exact) mass is 256 g/mol. The summed E-state index contributed by atoms with van der Waals surface area (Å²) in [6.45, 7) is 0. The van der Waals surface area contributed by atoms with Gasteiger partial charge in [0, 0.05) is 17.1 Å². The van der Waals surface area contributed by atoms with Gasteiger partial charge in [-0.1, -0.05) is 18.2 Å². The predicted octanol–water partition coefficient (Wildman–Crippen LogP) is 1.88. The topological polar surface area (TPSA) is 96.2 Å². The molecule has 6 heteroatoms. The van der Waals surface area contributed by atoms with Crippen LogP contribution in [0.1, 0.15) is 10.4 Å². The number of fused-ring (bicyclic) bond motifs is 1. The van der Waals surface area contributed by atoms with Crippen LogP contribution in [-0.2, 0) is 0 Å². The molecule has 0 fully saturated rings. The largest absolute Gasteiger partial charge is 0.478 e. The molecule has 2 heterocycles. The lowest BCUT2D eigenvalue weighted by atomic mass is 10.1. The third-order valence-electron chi connectivity index (χ3n) is 2.79. The van der Waals surface area contributed by atoms with Gasteiger partial charge in [-0.05, 0) is 6.07 Å². The lowest BCUT2D eigenvalue weighted by molar-refractivity contribution is 0.0697. The van der Waals surface area contributed by atoms with E-state index in [0.29, 0.717) is 11.1 Å². The molecule has 0 aliphatic heterocycles. The summed E-state index contributed by atoms with van der Waals surface area (Å²) in [5.74, 6) is -1.16. The lowest BCUT2D eigenvalue weighted by Crippen LogP contribution is -2.14. The molecule has 6 nitrogen and oxygen atoms in total. The molecule has 0 aliphatic carbocycles. The number of carbonyl (C=O) groups is 1. The summed E-state index contributed by atoms with van der Waals surface area (Å²) >= 11 is 0. The van der Waals surface area contributed by atoms with Crippen molar-refractivity contribution in [1.29, 1.82) is 0 Å². The average molecular weight is 256 g/mol. The zero-order valence-electron chi connectivity index (χ0n) is 9.58. The van der Waals surface area contributed by atoms with Gasteiger partial charge in [-0.25, -0.2) is 14.6 Å². The van der Waals surface area contributed by atoms with Crippen LogP contribution in [0.15, 0.2) is 45.9 Å². The summed E-state index contributed by atoms with van der Waals surface area (Å²) in [5.41, 5.74) is 0.646. The van der Waals surface area contributed by atoms with E-state index in [1.54, 1.807) is 18.2 Å². The SMILES string of the molecule is O=C(O)c1cnc(=O)[nH]c1-c1coc2ccccc12. The van der Waals surface area contributed by atoms with Crippen molar-refractivity contribution in [2.45, 2.75) is 0 Å². The maximum atomic E-state index is 11.3. The van der Waals surface area contributed by atoms with Crippen LogP contribution in [0.4, 0.5) is 0 Å². The molecule has 2 N–H and O–H groups in total. The van der Waals surface area contributed by atoms with E-state index in [9.17, 15) is 9.59 Å². The van der Waals surface area contributed by atoms with Gasteiger partial charge in [0.2, 0.25) is 0 Å². The van der Waals surface area contributed by atoms with Gasteiger partial charge in [0.25, 0.3) is 0 Å². The zero-order chi connectivity index (χ0) is 13.4. The number of aromatic carboxylic acids is 1. The van der Waals surface area contributed by atoms with Crippen molar-refractivity contribution in [3.63, 3.8) is 0 Å². The van der Waals surface area contributed by atoms with E-state index >= 15 is 0 Å². The highest BCUT2D eigenvalue weighted by molar-refractivity contribution is 6.00. The molecule has 0 saturated heterocycles. The van der Waals surface area contributed by atoms with Crippen molar-refractivity contribution in [2.24, 2.45) is 0 Å². The highest BCUT2D eigenvalue weighted by Crippen LogP contribution is 2.30. The third-order valence-corrected chi connectivity index (χ3v) is 2.79. The Kier molecular flexibility index (Phi) is 2.42. The lowest BCUT2D eigenvalue weighted by Gasteiger charge is -2.02. The molecule has 0 atom stereocenters. The molecule has 2 aromatic heterocycles. The first-order valence-corrected chi connectivity index (χ1v) is 5.46. The second kappa shape index (κ2) is 4.09. The van der Waals surface area contributed by atoms with Crippen molar-refractivity contribution in [1.82, 2.24) is 9.97 Å². The summed E-state index contributed by atoms with van der Waals surface area (Å²) < 4.78 is 5.34. The van der Waals surface area contributed by atoms with Crippen LogP contribution >= 0.6 is 0 Å². The van der Waals surface area contributed by atoms with Crippen molar-refractivity contribution in [3.8, 4) is 11.3 Å². The first-order chi connectivity index (χ1) is 9.16. The summed E-state index contributed by atoms with van der Waals surface area (Å²) in [6.07, 6.45) is 2.46. The van der Waals surface area contributed by atoms with Crippen molar-refractivity contribution in [2.75, 3.05) is 0 Å². The van der Waals surface area contributed by atoms with Crippen LogP contribution in [0.2, 0.25) is 0 Å². The first kappa shape index (κ1) is 11.2. The van der Waals surface area contributed by atoms with Gasteiger partial charge in [0.15, 0.2) is 0 Å². The van der Waals surface area contributed by atoms with E-state index in [0.717, 1.165) is 11.6 Å². The van der Waals surface area contributed by atoms with Gasteiger partial charge < -0.3 is 14.5 Å². The smallest absolute Gasteiger partial charge is 0.345 e. The molecular weight excluding hydrogens is 248 g/mol. The summed E-state index contributed by atoms with van der Waals surface area (Å²) in [4.78, 5) is 28.4. The molecule has 3 aromatic rings. The molecule has 0 bridgehead atoms. The van der Waals surface area contributed by atoms with Crippen LogP contribution in [0, 0.1) is 0 Å². The van der Waals surface area contributed by atoms with E-state index in [-0.39, 0.29) is 11.3 Å². The van der Waals surface area contributed by atoms with Gasteiger partial charge in [-0.15, -0.1) is 0 Å². The number of H-pyrrole nitrogens is 1. The first-order valence-electron chi connectivity index (χ1n) is 5.46. The Morgan fingerprint density at radius 3 is 2.89 bits per heavy atom. The fourth-order valence-corrected chi connectivity index (χ4v) is 1.94. The molecule has 94 valence electrons. The third kappa shape index (κ3) is 1.79. The van der Waals surface area contributed by atoms with E-state index < -0.39 is 11.7 Å². The number of aromatic amines is 1. The van der Waals surface area contributed by atoms with Crippen LogP contribution in [0.5, 0.6) is 0 Å². The second-order valence-electron chi connectivity index (χ2n) is 3.93. The number of nitrogens with zero attached hydrogens (tertiary/aromatic N) is 1. The normalized spacial score (nSPS) is 10.7. The highest BCUT2D eigenvalue weighted by atomic mass is 16.4. The highest BCUT2D eigenvalue weighted by Gasteiger charge is 2.17. The molecule has 0 aliphatic rings. The molecule has 0 unspecified atom stereocenters. The molecule has 0 saturated carbocycles. The number of carboxylic acid groups (broad SMARTS) is 1. The standard InChI is InChI=1S/C13H8N2O4/c16-12(17)8-5-14-13(18)15-11(8)9-6-19-10-4-2-1-3-7(9)10/h1-6H,(H,16,17)(H,14,15,18). The number of benzene rings is 1. The number of rotatable bonds is 2. The van der Waals surface area contributed by atoms with E-state index in [1.165, 1.54) is 6.26 Å². The molecule has 1 aromatic carbocycles. The van der Waals surface area contributed by atoms with Crippen LogP contribution < -0.4 is 5.69 Å². The van der Waals surface area contributed by atoms with Gasteiger partial charge in [-0.3, -0.25) is 0 Å². The molecule has 0 radical (unpaired) electrons. The summed E-state index contributed by atoms with van der Waals surface area (Å²) in [7, 11) is 0. The van der Waals surface area contributed by atoms with Gasteiger partial charge in [-0.2, -0.15) is 0 Å². The van der Waals surface area contributed by atoms with E-state index in [2.05, 4.69) is 9.97 Å². The van der Waals surface area contributed by atoms with Crippen LogP contribution in [0.25, 0.3) is 22.2 Å². The number of furan rings is 1. The molecular formula is C13H8N2O4. The number of nitrogens with one attached hydrogen (secondary N) is 1. The Labute approximate surface area is 106 Å². The average Bonchev–Trinajstić information content (AvgIpc) is 2.82. The Balaban J connectivity index is 2.35. The number of para-hydroxylation sites is 1. The quantitative estimate of drug-likeness (QED) is 0.729. The Hall–Kier alpha value is -2.89. The minimum Gasteiger partial charge on any atom is -0.478 e. The zero-order valence-corrected chi connectivity index (χ0v) is 9.58. The number of aromatic nitrogens is 2. The molecule has 3 rings (SSSR count). The summed E-state index contributed by atoms with van der Waals surface area (Å²) in [5, 5.41) is 9.86. The van der Waals surface area contributed by atoms with E-state index in [1.807, 2.05) is 6.07 Å². The molecule has 0 amide bonds. The second-order valence-corrected chi connectivity index (χ2v) is 3.93. The summed E-state index contributed by atoms with van der Waals surface area (Å²) in [6, 6.07) is 7.17. The Bertz CT molecular complexity index is 832. The fourth-order valence-electron chi connectivity index (χ4n) is 1.94. The maximum Gasteiger partial charge on any atom is 0.345 e. The van der Waals surface area contributed by atoms with Crippen LogP contribution in [0.3, 0.4) is 0 Å². The minimum absolute atomic E-state index is 0.0776. The molecule has 19 heavy (non-hydrogen) atoms. The van der Waals surface area contributed by atoms with Crippen molar-refractivity contribution in [3.05, 3.63) is 52.8 Å². The Morgan fingerprint density at radius 2 is 2.11 bits per heavy atom. The number of hydrogen-bond acceptors (Lipinski definition) is 4. The maximum absolute atomic E-state index is 11.3. The van der Waals surface area contributed by atoms with Crippen molar-refractivity contribution >= 4 is 16.9 Å². The number of carboxylic acids is 1. The molecule has 0 spiro atoms. The van der Waals surface area contributed by atoms with Crippen molar-refractivity contribution < 1.29 is 14.3 Å². The van der Waals surface area contributed by atoms with E-state index in [4.69, 9.17) is 9.52 Å². The predicted molar refractivity (Wildman–Crippen MR) is 67.0 cm³/mol. The van der Waals surface area contributed by atoms with Crippen LogP contribution in [-0.4, -0.2) is 21.0 Å². The van der Waals surface area contributed by atoms with Gasteiger partial charge in [0.1, 0.15) is 17.4 Å². The minimum atomic E-state index is -1.16. The van der Waals surface area contributed by atoms with Gasteiger partial charge in [0.05, 0.1) is 5.69 Å². The fraction of sp³-hybridized carbons (Fsp3) is 0. The van der Waals surface area contributed by atoms with Gasteiger partial charge >= 0.3 is 11.7 Å².